The molecule has 0 spiro atoms. The fraction of sp³-hybridized carbons (Fsp3) is 0.615. The van der Waals surface area contributed by atoms with Crippen molar-refractivity contribution in [3.63, 3.8) is 0 Å². The van der Waals surface area contributed by atoms with Gasteiger partial charge >= 0.3 is 0 Å². The minimum atomic E-state index is 0.745. The fourth-order valence-electron chi connectivity index (χ4n) is 2.20. The summed E-state index contributed by atoms with van der Waals surface area (Å²) in [6, 6.07) is 5.96. The van der Waals surface area contributed by atoms with Crippen LogP contribution in [0.4, 0.5) is 0 Å². The Labute approximate surface area is 97.2 Å². The molecule has 1 heterocycles. The highest BCUT2D eigenvalue weighted by atomic mass is 16.5. The summed E-state index contributed by atoms with van der Waals surface area (Å²) in [6.45, 7) is 1.62. The number of nitrogens with zero attached hydrogens (tertiary/aromatic N) is 1. The summed E-state index contributed by atoms with van der Waals surface area (Å²) in [4.78, 5) is 4.44. The first-order chi connectivity index (χ1) is 7.88. The Kier molecular flexibility index (Phi) is 4.17. The molecule has 1 aromatic heterocycles. The molecule has 1 saturated carbocycles. The molecule has 0 aliphatic heterocycles. The van der Waals surface area contributed by atoms with E-state index in [4.69, 9.17) is 4.74 Å². The third-order valence-electron chi connectivity index (χ3n) is 3.08. The van der Waals surface area contributed by atoms with Crippen LogP contribution >= 0.6 is 0 Å². The van der Waals surface area contributed by atoms with Gasteiger partial charge in [-0.2, -0.15) is 0 Å². The second kappa shape index (κ2) is 5.85. The molecule has 2 rings (SSSR count). The van der Waals surface area contributed by atoms with Crippen LogP contribution in [0, 0.1) is 5.92 Å². The van der Waals surface area contributed by atoms with Gasteiger partial charge in [-0.25, -0.2) is 4.98 Å². The van der Waals surface area contributed by atoms with Crippen LogP contribution in [-0.2, 0) is 6.54 Å². The van der Waals surface area contributed by atoms with Crippen LogP contribution < -0.4 is 10.1 Å². The van der Waals surface area contributed by atoms with Crippen molar-refractivity contribution >= 4 is 0 Å². The van der Waals surface area contributed by atoms with Crippen molar-refractivity contribution < 1.29 is 4.74 Å². The summed E-state index contributed by atoms with van der Waals surface area (Å²) in [5, 5.41) is 3.09. The van der Waals surface area contributed by atoms with E-state index in [9.17, 15) is 0 Å². The van der Waals surface area contributed by atoms with Gasteiger partial charge in [-0.3, -0.25) is 0 Å². The van der Waals surface area contributed by atoms with Gasteiger partial charge in [-0.15, -0.1) is 0 Å². The molecular weight excluding hydrogens is 200 g/mol. The lowest BCUT2D eigenvalue weighted by Gasteiger charge is -2.11. The van der Waals surface area contributed by atoms with Gasteiger partial charge in [-0.1, -0.05) is 18.9 Å². The molecule has 1 fully saturated rings. The van der Waals surface area contributed by atoms with E-state index in [0.29, 0.717) is 0 Å². The molecule has 3 nitrogen and oxygen atoms in total. The van der Waals surface area contributed by atoms with E-state index in [0.717, 1.165) is 30.6 Å². The van der Waals surface area contributed by atoms with Gasteiger partial charge in [0.05, 0.1) is 12.3 Å². The zero-order valence-corrected chi connectivity index (χ0v) is 9.91. The highest BCUT2D eigenvalue weighted by Gasteiger charge is 2.15. The highest BCUT2D eigenvalue weighted by molar-refractivity contribution is 5.15. The van der Waals surface area contributed by atoms with Crippen molar-refractivity contribution in [3.05, 3.63) is 23.9 Å². The van der Waals surface area contributed by atoms with E-state index in [2.05, 4.69) is 10.3 Å². The third kappa shape index (κ3) is 3.20. The third-order valence-corrected chi connectivity index (χ3v) is 3.08. The minimum absolute atomic E-state index is 0.745. The first-order valence-electron chi connectivity index (χ1n) is 6.12. The maximum atomic E-state index is 5.74. The predicted molar refractivity (Wildman–Crippen MR) is 64.5 cm³/mol. The molecule has 1 aliphatic rings. The van der Waals surface area contributed by atoms with E-state index < -0.39 is 0 Å². The molecule has 0 radical (unpaired) electrons. The van der Waals surface area contributed by atoms with Crippen molar-refractivity contribution in [2.75, 3.05) is 13.7 Å². The molecule has 1 N–H and O–H groups in total. The summed E-state index contributed by atoms with van der Waals surface area (Å²) in [6.07, 6.45) is 5.36. The number of nitrogens with one attached hydrogen (secondary N) is 1. The van der Waals surface area contributed by atoms with Crippen LogP contribution in [-0.4, -0.2) is 18.6 Å². The first kappa shape index (κ1) is 11.4. The second-order valence-corrected chi connectivity index (χ2v) is 4.46. The number of aromatic nitrogens is 1. The quantitative estimate of drug-likeness (QED) is 0.827. The lowest BCUT2D eigenvalue weighted by molar-refractivity contribution is 0.243. The van der Waals surface area contributed by atoms with Crippen molar-refractivity contribution in [2.24, 2.45) is 5.92 Å². The smallest absolute Gasteiger partial charge is 0.213 e. The Morgan fingerprint density at radius 3 is 2.94 bits per heavy atom. The number of pyridine rings is 1. The van der Waals surface area contributed by atoms with Crippen molar-refractivity contribution in [1.82, 2.24) is 10.3 Å². The predicted octanol–water partition coefficient (Wildman–Crippen LogP) is 2.37. The second-order valence-electron chi connectivity index (χ2n) is 4.46. The lowest BCUT2D eigenvalue weighted by atomic mass is 10.1. The highest BCUT2D eigenvalue weighted by Crippen LogP contribution is 2.25. The Hall–Kier alpha value is -1.09. The molecule has 0 saturated heterocycles. The van der Waals surface area contributed by atoms with Crippen LogP contribution in [0.1, 0.15) is 31.4 Å². The van der Waals surface area contributed by atoms with Gasteiger partial charge in [0, 0.05) is 12.6 Å². The fourth-order valence-corrected chi connectivity index (χ4v) is 2.20. The topological polar surface area (TPSA) is 34.1 Å². The SMILES string of the molecule is CNCc1cccc(OCC2CCCC2)n1. The van der Waals surface area contributed by atoms with Crippen molar-refractivity contribution in [2.45, 2.75) is 32.2 Å². The molecule has 3 heteroatoms. The Bertz CT molecular complexity index is 321. The van der Waals surface area contributed by atoms with E-state index in [-0.39, 0.29) is 0 Å². The number of hydrogen-bond donors (Lipinski definition) is 1. The molecule has 1 aromatic rings. The number of rotatable bonds is 5. The van der Waals surface area contributed by atoms with Crippen LogP contribution in [0.2, 0.25) is 0 Å². The van der Waals surface area contributed by atoms with Crippen molar-refractivity contribution in [1.29, 1.82) is 0 Å². The summed E-state index contributed by atoms with van der Waals surface area (Å²) in [7, 11) is 1.92. The average Bonchev–Trinajstić information content (AvgIpc) is 2.80. The summed E-state index contributed by atoms with van der Waals surface area (Å²) in [5.41, 5.74) is 1.03. The van der Waals surface area contributed by atoms with Gasteiger partial charge < -0.3 is 10.1 Å². The largest absolute Gasteiger partial charge is 0.477 e. The van der Waals surface area contributed by atoms with Crippen molar-refractivity contribution in [3.8, 4) is 5.88 Å². The van der Waals surface area contributed by atoms with E-state index in [1.807, 2.05) is 25.2 Å². The van der Waals surface area contributed by atoms with Crippen LogP contribution in [0.15, 0.2) is 18.2 Å². The minimum Gasteiger partial charge on any atom is -0.477 e. The van der Waals surface area contributed by atoms with Crippen LogP contribution in [0.25, 0.3) is 0 Å². The van der Waals surface area contributed by atoms with Gasteiger partial charge in [0.1, 0.15) is 0 Å². The summed E-state index contributed by atoms with van der Waals surface area (Å²) >= 11 is 0. The Morgan fingerprint density at radius 2 is 2.19 bits per heavy atom. The molecule has 0 amide bonds. The molecule has 0 bridgehead atoms. The zero-order chi connectivity index (χ0) is 11.2. The lowest BCUT2D eigenvalue weighted by Crippen LogP contribution is -2.11. The van der Waals surface area contributed by atoms with Crippen LogP contribution in [0.3, 0.4) is 0 Å². The maximum Gasteiger partial charge on any atom is 0.213 e. The number of hydrogen-bond acceptors (Lipinski definition) is 3. The van der Waals surface area contributed by atoms with Gasteiger partial charge in [0.2, 0.25) is 5.88 Å². The molecule has 88 valence electrons. The van der Waals surface area contributed by atoms with Crippen LogP contribution in [0.5, 0.6) is 5.88 Å². The molecule has 0 aromatic carbocycles. The standard InChI is InChI=1S/C13H20N2O/c1-14-9-12-7-4-8-13(15-12)16-10-11-5-2-3-6-11/h4,7-8,11,14H,2-3,5-6,9-10H2,1H3. The number of ether oxygens (including phenoxy) is 1. The summed E-state index contributed by atoms with van der Waals surface area (Å²) < 4.78 is 5.74. The van der Waals surface area contributed by atoms with Gasteiger partial charge in [-0.05, 0) is 31.9 Å². The van der Waals surface area contributed by atoms with Gasteiger partial charge in [0.25, 0.3) is 0 Å². The first-order valence-corrected chi connectivity index (χ1v) is 6.12. The molecule has 16 heavy (non-hydrogen) atoms. The monoisotopic (exact) mass is 220 g/mol. The average molecular weight is 220 g/mol. The summed E-state index contributed by atoms with van der Waals surface area (Å²) in [5.74, 6) is 1.51. The molecular formula is C13H20N2O. The normalized spacial score (nSPS) is 16.6. The van der Waals surface area contributed by atoms with E-state index in [1.165, 1.54) is 25.7 Å². The zero-order valence-electron chi connectivity index (χ0n) is 9.91. The van der Waals surface area contributed by atoms with E-state index >= 15 is 0 Å². The molecule has 0 atom stereocenters. The Morgan fingerprint density at radius 1 is 1.38 bits per heavy atom. The van der Waals surface area contributed by atoms with Gasteiger partial charge in [0.15, 0.2) is 0 Å². The Balaban J connectivity index is 1.85. The maximum absolute atomic E-state index is 5.74. The molecule has 0 unspecified atom stereocenters. The van der Waals surface area contributed by atoms with E-state index in [1.54, 1.807) is 0 Å². The molecule has 1 aliphatic carbocycles.